The average Bonchev–Trinajstić information content (AvgIpc) is 2.47. The van der Waals surface area contributed by atoms with Gasteiger partial charge < -0.3 is 15.2 Å². The number of hydrogen-bond donors (Lipinski definition) is 1. The maximum absolute atomic E-state index is 11.1. The van der Waals surface area contributed by atoms with E-state index in [4.69, 9.17) is 15.2 Å². The molecule has 20 heavy (non-hydrogen) atoms. The van der Waals surface area contributed by atoms with E-state index in [9.17, 15) is 10.1 Å². The third kappa shape index (κ3) is 3.19. The Morgan fingerprint density at radius 2 is 2.15 bits per heavy atom. The Hall–Kier alpha value is -1.82. The van der Waals surface area contributed by atoms with Crippen molar-refractivity contribution in [1.29, 1.82) is 0 Å². The lowest BCUT2D eigenvalue weighted by molar-refractivity contribution is -0.386. The van der Waals surface area contributed by atoms with E-state index in [0.29, 0.717) is 12.3 Å². The molecule has 0 radical (unpaired) electrons. The molecule has 1 aliphatic rings. The first-order valence-corrected chi connectivity index (χ1v) is 6.85. The summed E-state index contributed by atoms with van der Waals surface area (Å²) < 4.78 is 11.0. The summed E-state index contributed by atoms with van der Waals surface area (Å²) in [6.07, 6.45) is 4.05. The Bertz CT molecular complexity index is 478. The first-order valence-electron chi connectivity index (χ1n) is 6.85. The zero-order chi connectivity index (χ0) is 14.5. The average molecular weight is 280 g/mol. The van der Waals surface area contributed by atoms with Crippen LogP contribution in [-0.2, 0) is 0 Å². The van der Waals surface area contributed by atoms with Gasteiger partial charge in [-0.2, -0.15) is 0 Å². The molecule has 2 N–H and O–H groups in total. The largest absolute Gasteiger partial charge is 0.497 e. The summed E-state index contributed by atoms with van der Waals surface area (Å²) in [5, 5.41) is 11.1. The summed E-state index contributed by atoms with van der Waals surface area (Å²) in [4.78, 5) is 10.6. The fraction of sp³-hybridized carbons (Fsp3) is 0.571. The molecule has 1 saturated carbocycles. The molecule has 110 valence electrons. The van der Waals surface area contributed by atoms with Crippen molar-refractivity contribution in [2.24, 2.45) is 11.7 Å². The van der Waals surface area contributed by atoms with Crippen molar-refractivity contribution >= 4 is 5.69 Å². The van der Waals surface area contributed by atoms with Crippen molar-refractivity contribution in [3.63, 3.8) is 0 Å². The van der Waals surface area contributed by atoms with E-state index in [0.717, 1.165) is 25.7 Å². The molecule has 6 heteroatoms. The topological polar surface area (TPSA) is 87.6 Å². The molecular weight excluding hydrogens is 260 g/mol. The fourth-order valence-corrected chi connectivity index (χ4v) is 2.63. The van der Waals surface area contributed by atoms with Gasteiger partial charge in [-0.3, -0.25) is 10.1 Å². The molecular formula is C14H20N2O4. The van der Waals surface area contributed by atoms with E-state index >= 15 is 0 Å². The van der Waals surface area contributed by atoms with Gasteiger partial charge in [0.1, 0.15) is 11.9 Å². The van der Waals surface area contributed by atoms with E-state index < -0.39 is 4.92 Å². The van der Waals surface area contributed by atoms with E-state index in [2.05, 4.69) is 0 Å². The Balaban J connectivity index is 2.23. The number of nitrogens with two attached hydrogens (primary N) is 1. The zero-order valence-corrected chi connectivity index (χ0v) is 11.6. The summed E-state index contributed by atoms with van der Waals surface area (Å²) in [7, 11) is 1.52. The van der Waals surface area contributed by atoms with Gasteiger partial charge in [-0.05, 0) is 31.9 Å². The number of nitrogens with zero attached hydrogens (tertiary/aromatic N) is 1. The van der Waals surface area contributed by atoms with Crippen LogP contribution >= 0.6 is 0 Å². The maximum Gasteiger partial charge on any atom is 0.311 e. The van der Waals surface area contributed by atoms with E-state index in [1.165, 1.54) is 13.2 Å². The third-order valence-electron chi connectivity index (χ3n) is 3.78. The van der Waals surface area contributed by atoms with Gasteiger partial charge in [0.25, 0.3) is 0 Å². The number of nitro benzene ring substituents is 1. The standard InChI is InChI=1S/C14H20N2O4/c1-19-11-6-7-12(16(17)18)14(8-11)20-13-5-3-2-4-10(13)9-15/h6-8,10,13H,2-5,9,15H2,1H3. The molecule has 6 nitrogen and oxygen atoms in total. The molecule has 0 bridgehead atoms. The van der Waals surface area contributed by atoms with E-state index in [1.807, 2.05) is 0 Å². The fourth-order valence-electron chi connectivity index (χ4n) is 2.63. The van der Waals surface area contributed by atoms with Gasteiger partial charge >= 0.3 is 5.69 Å². The summed E-state index contributed by atoms with van der Waals surface area (Å²) in [5.74, 6) is 1.07. The number of methoxy groups -OCH3 is 1. The molecule has 1 fully saturated rings. The van der Waals surface area contributed by atoms with E-state index in [1.54, 1.807) is 12.1 Å². The highest BCUT2D eigenvalue weighted by Crippen LogP contribution is 2.35. The highest BCUT2D eigenvalue weighted by Gasteiger charge is 2.28. The Kier molecular flexibility index (Phi) is 4.79. The van der Waals surface area contributed by atoms with Crippen molar-refractivity contribution in [2.75, 3.05) is 13.7 Å². The van der Waals surface area contributed by atoms with Crippen LogP contribution in [0.3, 0.4) is 0 Å². The normalized spacial score (nSPS) is 22.3. The first kappa shape index (κ1) is 14.6. The number of rotatable bonds is 5. The smallest absolute Gasteiger partial charge is 0.311 e. The predicted octanol–water partition coefficient (Wildman–Crippen LogP) is 2.50. The molecule has 0 aromatic heterocycles. The molecule has 0 heterocycles. The van der Waals surface area contributed by atoms with Crippen LogP contribution < -0.4 is 15.2 Å². The molecule has 0 spiro atoms. The Morgan fingerprint density at radius 1 is 1.40 bits per heavy atom. The lowest BCUT2D eigenvalue weighted by atomic mass is 9.86. The lowest BCUT2D eigenvalue weighted by Gasteiger charge is -2.30. The second-order valence-corrected chi connectivity index (χ2v) is 5.03. The monoisotopic (exact) mass is 280 g/mol. The van der Waals surface area contributed by atoms with Gasteiger partial charge in [0.15, 0.2) is 0 Å². The van der Waals surface area contributed by atoms with Crippen LogP contribution in [0.1, 0.15) is 25.7 Å². The number of hydrogen-bond acceptors (Lipinski definition) is 5. The minimum Gasteiger partial charge on any atom is -0.497 e. The van der Waals surface area contributed by atoms with Crippen molar-refractivity contribution in [2.45, 2.75) is 31.8 Å². The van der Waals surface area contributed by atoms with Gasteiger partial charge in [0.2, 0.25) is 5.75 Å². The highest BCUT2D eigenvalue weighted by molar-refractivity contribution is 5.50. The molecule has 0 aliphatic heterocycles. The highest BCUT2D eigenvalue weighted by atomic mass is 16.6. The van der Waals surface area contributed by atoms with Crippen LogP contribution in [0.4, 0.5) is 5.69 Å². The zero-order valence-electron chi connectivity index (χ0n) is 11.6. The van der Waals surface area contributed by atoms with Gasteiger partial charge in [-0.15, -0.1) is 0 Å². The molecule has 1 aliphatic carbocycles. The molecule has 0 saturated heterocycles. The van der Waals surface area contributed by atoms with Gasteiger partial charge in [0.05, 0.1) is 12.0 Å². The van der Waals surface area contributed by atoms with Gasteiger partial charge in [0, 0.05) is 18.1 Å². The van der Waals surface area contributed by atoms with Crippen LogP contribution in [0.15, 0.2) is 18.2 Å². The maximum atomic E-state index is 11.1. The summed E-state index contributed by atoms with van der Waals surface area (Å²) >= 11 is 0. The van der Waals surface area contributed by atoms with E-state index in [-0.39, 0.29) is 23.5 Å². The quantitative estimate of drug-likeness (QED) is 0.661. The van der Waals surface area contributed by atoms with Crippen LogP contribution in [0, 0.1) is 16.0 Å². The number of ether oxygens (including phenoxy) is 2. The van der Waals surface area contributed by atoms with Crippen molar-refractivity contribution in [3.05, 3.63) is 28.3 Å². The first-order chi connectivity index (χ1) is 9.65. The SMILES string of the molecule is COc1ccc([N+](=O)[O-])c(OC2CCCCC2CN)c1. The van der Waals surface area contributed by atoms with Crippen LogP contribution in [0.2, 0.25) is 0 Å². The molecule has 2 rings (SSSR count). The minimum absolute atomic E-state index is 0.0351. The lowest BCUT2D eigenvalue weighted by Crippen LogP contribution is -2.35. The Labute approximate surface area is 118 Å². The molecule has 2 atom stereocenters. The van der Waals surface area contributed by atoms with Crippen LogP contribution in [0.25, 0.3) is 0 Å². The van der Waals surface area contributed by atoms with Crippen molar-refractivity contribution in [1.82, 2.24) is 0 Å². The molecule has 2 unspecified atom stereocenters. The van der Waals surface area contributed by atoms with Crippen molar-refractivity contribution < 1.29 is 14.4 Å². The molecule has 0 amide bonds. The molecule has 1 aromatic carbocycles. The van der Waals surface area contributed by atoms with Crippen molar-refractivity contribution in [3.8, 4) is 11.5 Å². The van der Waals surface area contributed by atoms with Gasteiger partial charge in [-0.1, -0.05) is 6.42 Å². The second-order valence-electron chi connectivity index (χ2n) is 5.03. The number of nitro groups is 1. The second kappa shape index (κ2) is 6.56. The van der Waals surface area contributed by atoms with Gasteiger partial charge in [-0.25, -0.2) is 0 Å². The predicted molar refractivity (Wildman–Crippen MR) is 75.1 cm³/mol. The minimum atomic E-state index is -0.435. The van der Waals surface area contributed by atoms with Crippen LogP contribution in [-0.4, -0.2) is 24.7 Å². The summed E-state index contributed by atoms with van der Waals surface area (Å²) in [6.45, 7) is 0.544. The third-order valence-corrected chi connectivity index (χ3v) is 3.78. The number of benzene rings is 1. The Morgan fingerprint density at radius 3 is 2.80 bits per heavy atom. The summed E-state index contributed by atoms with van der Waals surface area (Å²) in [5.41, 5.74) is 5.73. The molecule has 1 aromatic rings. The summed E-state index contributed by atoms with van der Waals surface area (Å²) in [6, 6.07) is 4.54. The van der Waals surface area contributed by atoms with Crippen LogP contribution in [0.5, 0.6) is 11.5 Å².